The standard InChI is InChI=1S/C35H36F6N6O3/c1-50-12-11-43-31-8-4-6-24(27(18-44-31)21-9-10-28(38)26(16-21)34(42)49)29(15-20-13-22(36)17-23(37)14-20)45-32(48)19-47-30-7-3-2-5-25(30)33(46-47)35(39,40)41/h8-10,13-14,16-18,29,43H,2-7,11-12,15,19H2,1H3,(H2,42,49)(H,45,48)/b27-24+,31-8-,44-18-/t29-/m1/s1. The van der Waals surface area contributed by atoms with Gasteiger partial charge in [0.2, 0.25) is 5.91 Å². The summed E-state index contributed by atoms with van der Waals surface area (Å²) in [6.07, 6.45) is 0.762. The number of carbonyl (C=O) groups excluding carboxylic acids is 2. The van der Waals surface area contributed by atoms with Crippen LogP contribution < -0.4 is 16.4 Å². The highest BCUT2D eigenvalue weighted by molar-refractivity contribution is 6.12. The number of carbonyl (C=O) groups is 2. The van der Waals surface area contributed by atoms with Crippen molar-refractivity contribution in [3.05, 3.63) is 105 Å². The summed E-state index contributed by atoms with van der Waals surface area (Å²) >= 11 is 0. The first-order valence-corrected chi connectivity index (χ1v) is 16.0. The summed E-state index contributed by atoms with van der Waals surface area (Å²) in [5.41, 5.74) is 5.80. The van der Waals surface area contributed by atoms with Gasteiger partial charge in [0.15, 0.2) is 5.69 Å². The average molecular weight is 703 g/mol. The van der Waals surface area contributed by atoms with E-state index >= 15 is 0 Å². The van der Waals surface area contributed by atoms with Gasteiger partial charge in [-0.1, -0.05) is 6.07 Å². The summed E-state index contributed by atoms with van der Waals surface area (Å²) < 4.78 is 91.0. The second kappa shape index (κ2) is 15.7. The monoisotopic (exact) mass is 702 g/mol. The van der Waals surface area contributed by atoms with Gasteiger partial charge in [-0.15, -0.1) is 0 Å². The maximum absolute atomic E-state index is 14.6. The number of halogens is 6. The molecule has 2 aliphatic rings. The SMILES string of the molecule is COCCNC1=C/CC/C([C@@H](Cc2cc(F)cc(F)c2)NC(=O)Cn2nc(C(F)(F)F)c3c2CCCC3)=C(c2ccc(F)c(C(N)=O)c2)/C=N\1. The van der Waals surface area contributed by atoms with E-state index in [-0.39, 0.29) is 30.4 Å². The summed E-state index contributed by atoms with van der Waals surface area (Å²) in [5, 5.41) is 9.79. The normalized spacial score (nSPS) is 18.7. The molecule has 0 spiro atoms. The Balaban J connectivity index is 1.59. The van der Waals surface area contributed by atoms with Crippen LogP contribution in [0.4, 0.5) is 26.3 Å². The third-order valence-corrected chi connectivity index (χ3v) is 8.52. The Kier molecular flexibility index (Phi) is 11.5. The lowest BCUT2D eigenvalue weighted by Gasteiger charge is -2.26. The van der Waals surface area contributed by atoms with E-state index in [0.717, 1.165) is 22.9 Å². The Hall–Kier alpha value is -4.92. The Morgan fingerprint density at radius 2 is 1.78 bits per heavy atom. The molecule has 50 heavy (non-hydrogen) atoms. The second-order valence-corrected chi connectivity index (χ2v) is 12.0. The minimum Gasteiger partial charge on any atom is -0.383 e. The Bertz CT molecular complexity index is 1830. The number of aromatic nitrogens is 2. The molecule has 5 rings (SSSR count). The van der Waals surface area contributed by atoms with Gasteiger partial charge < -0.3 is 21.1 Å². The summed E-state index contributed by atoms with van der Waals surface area (Å²) in [7, 11) is 1.55. The molecule has 2 heterocycles. The maximum Gasteiger partial charge on any atom is 0.435 e. The molecule has 1 atom stereocenters. The average Bonchev–Trinajstić information content (AvgIpc) is 3.40. The zero-order chi connectivity index (χ0) is 36.0. The molecule has 0 unspecified atom stereocenters. The quantitative estimate of drug-likeness (QED) is 0.172. The predicted octanol–water partition coefficient (Wildman–Crippen LogP) is 5.42. The van der Waals surface area contributed by atoms with E-state index < -0.39 is 59.3 Å². The van der Waals surface area contributed by atoms with E-state index in [9.17, 15) is 35.9 Å². The van der Waals surface area contributed by atoms with Gasteiger partial charge in [-0.2, -0.15) is 18.3 Å². The number of nitrogens with two attached hydrogens (primary N) is 1. The third kappa shape index (κ3) is 8.80. The van der Waals surface area contributed by atoms with E-state index in [1.54, 1.807) is 13.2 Å². The molecular formula is C35H36F6N6O3. The molecule has 0 saturated heterocycles. The molecule has 1 aliphatic heterocycles. The topological polar surface area (TPSA) is 124 Å². The number of fused-ring (bicyclic) bond motifs is 1. The lowest BCUT2D eigenvalue weighted by Crippen LogP contribution is -2.41. The van der Waals surface area contributed by atoms with Crippen LogP contribution in [-0.4, -0.2) is 54.1 Å². The number of amides is 2. The van der Waals surface area contributed by atoms with Crippen LogP contribution in [0.3, 0.4) is 0 Å². The van der Waals surface area contributed by atoms with Crippen molar-refractivity contribution in [1.29, 1.82) is 0 Å². The van der Waals surface area contributed by atoms with Gasteiger partial charge in [-0.3, -0.25) is 14.3 Å². The summed E-state index contributed by atoms with van der Waals surface area (Å²) in [4.78, 5) is 30.3. The lowest BCUT2D eigenvalue weighted by molar-refractivity contribution is -0.142. The van der Waals surface area contributed by atoms with Crippen molar-refractivity contribution >= 4 is 23.6 Å². The van der Waals surface area contributed by atoms with Gasteiger partial charge in [-0.05, 0) is 92.0 Å². The number of primary amides is 1. The van der Waals surface area contributed by atoms with Crippen LogP contribution in [0.25, 0.3) is 5.57 Å². The molecule has 4 N–H and O–H groups in total. The number of benzene rings is 2. The number of ether oxygens (including phenoxy) is 1. The maximum atomic E-state index is 14.6. The number of hydrogen-bond acceptors (Lipinski definition) is 6. The molecule has 0 fully saturated rings. The summed E-state index contributed by atoms with van der Waals surface area (Å²) in [5.74, 6) is -3.77. The summed E-state index contributed by atoms with van der Waals surface area (Å²) in [6.45, 7) is 0.285. The number of methoxy groups -OCH3 is 1. The highest BCUT2D eigenvalue weighted by Gasteiger charge is 2.39. The highest BCUT2D eigenvalue weighted by Crippen LogP contribution is 2.36. The fourth-order valence-corrected chi connectivity index (χ4v) is 6.30. The van der Waals surface area contributed by atoms with E-state index in [0.29, 0.717) is 73.1 Å². The van der Waals surface area contributed by atoms with Crippen LogP contribution in [0.5, 0.6) is 0 Å². The van der Waals surface area contributed by atoms with Crippen molar-refractivity contribution < 1.29 is 40.7 Å². The number of aliphatic imine (C=N–C) groups is 1. The smallest absolute Gasteiger partial charge is 0.383 e. The van der Waals surface area contributed by atoms with Gasteiger partial charge in [0.1, 0.15) is 29.8 Å². The molecule has 2 amide bonds. The van der Waals surface area contributed by atoms with Crippen LogP contribution in [-0.2, 0) is 41.5 Å². The van der Waals surface area contributed by atoms with E-state index in [1.165, 1.54) is 18.3 Å². The second-order valence-electron chi connectivity index (χ2n) is 12.0. The number of rotatable bonds is 12. The van der Waals surface area contributed by atoms with Crippen molar-refractivity contribution in [2.45, 2.75) is 63.7 Å². The van der Waals surface area contributed by atoms with Gasteiger partial charge >= 0.3 is 6.18 Å². The molecule has 266 valence electrons. The first-order chi connectivity index (χ1) is 23.8. The molecule has 1 aromatic heterocycles. The van der Waals surface area contributed by atoms with Gasteiger partial charge in [-0.25, -0.2) is 18.2 Å². The van der Waals surface area contributed by atoms with Gasteiger partial charge in [0.25, 0.3) is 5.91 Å². The van der Waals surface area contributed by atoms with Crippen molar-refractivity contribution in [2.24, 2.45) is 10.7 Å². The minimum absolute atomic E-state index is 0.0767. The van der Waals surface area contributed by atoms with Crippen LogP contribution in [0, 0.1) is 17.5 Å². The third-order valence-electron chi connectivity index (χ3n) is 8.52. The Morgan fingerprint density at radius 1 is 1.04 bits per heavy atom. The number of alkyl halides is 3. The minimum atomic E-state index is -4.70. The molecule has 0 bridgehead atoms. The molecule has 1 aliphatic carbocycles. The number of hydrogen-bond donors (Lipinski definition) is 3. The molecule has 0 radical (unpaired) electrons. The number of allylic oxidation sites excluding steroid dienone is 2. The van der Waals surface area contributed by atoms with E-state index in [4.69, 9.17) is 10.5 Å². The highest BCUT2D eigenvalue weighted by atomic mass is 19.4. The molecule has 9 nitrogen and oxygen atoms in total. The fraction of sp³-hybridized carbons (Fsp3) is 0.371. The first kappa shape index (κ1) is 36.4. The van der Waals surface area contributed by atoms with Gasteiger partial charge in [0.05, 0.1) is 18.2 Å². The van der Waals surface area contributed by atoms with Crippen molar-refractivity contribution in [2.75, 3.05) is 20.3 Å². The Labute approximate surface area is 284 Å². The number of nitrogens with one attached hydrogen (secondary N) is 2. The van der Waals surface area contributed by atoms with Crippen molar-refractivity contribution in [3.63, 3.8) is 0 Å². The molecule has 2 aromatic carbocycles. The van der Waals surface area contributed by atoms with E-state index in [1.807, 2.05) is 0 Å². The van der Waals surface area contributed by atoms with Crippen molar-refractivity contribution in [3.8, 4) is 0 Å². The molecule has 15 heteroatoms. The van der Waals surface area contributed by atoms with Crippen LogP contribution in [0.15, 0.2) is 58.9 Å². The molecular weight excluding hydrogens is 666 g/mol. The van der Waals surface area contributed by atoms with Crippen LogP contribution in [0.1, 0.15) is 64.1 Å². The largest absolute Gasteiger partial charge is 0.435 e. The fourth-order valence-electron chi connectivity index (χ4n) is 6.30. The molecule has 3 aromatic rings. The van der Waals surface area contributed by atoms with E-state index in [2.05, 4.69) is 20.7 Å². The lowest BCUT2D eigenvalue weighted by atomic mass is 9.87. The van der Waals surface area contributed by atoms with Crippen LogP contribution >= 0.6 is 0 Å². The van der Waals surface area contributed by atoms with Crippen LogP contribution in [0.2, 0.25) is 0 Å². The molecule has 0 saturated carbocycles. The number of nitrogens with zero attached hydrogens (tertiary/aromatic N) is 3. The first-order valence-electron chi connectivity index (χ1n) is 16.0. The van der Waals surface area contributed by atoms with Crippen molar-refractivity contribution in [1.82, 2.24) is 20.4 Å². The Morgan fingerprint density at radius 3 is 2.48 bits per heavy atom. The zero-order valence-electron chi connectivity index (χ0n) is 27.2. The van der Waals surface area contributed by atoms with Gasteiger partial charge in [0, 0.05) is 42.8 Å². The zero-order valence-corrected chi connectivity index (χ0v) is 27.2. The predicted molar refractivity (Wildman–Crippen MR) is 173 cm³/mol. The summed E-state index contributed by atoms with van der Waals surface area (Å²) in [6, 6.07) is 5.65.